The number of nitrogens with zero attached hydrogens (tertiary/aromatic N) is 1. The van der Waals surface area contributed by atoms with Crippen LogP contribution in [0.5, 0.6) is 0 Å². The Bertz CT molecular complexity index is 846. The molecule has 1 aromatic carbocycles. The minimum absolute atomic E-state index is 0.0893. The van der Waals surface area contributed by atoms with Crippen LogP contribution in [0.3, 0.4) is 0 Å². The van der Waals surface area contributed by atoms with E-state index in [1.54, 1.807) is 31.2 Å². The van der Waals surface area contributed by atoms with Gasteiger partial charge in [0.05, 0.1) is 5.56 Å². The van der Waals surface area contributed by atoms with E-state index in [9.17, 15) is 14.4 Å². The number of H-pyrrole nitrogens is 1. The van der Waals surface area contributed by atoms with Gasteiger partial charge in [-0.1, -0.05) is 18.2 Å². The minimum atomic E-state index is -0.516. The third kappa shape index (κ3) is 3.60. The third-order valence-corrected chi connectivity index (χ3v) is 4.65. The Labute approximate surface area is 141 Å². The quantitative estimate of drug-likeness (QED) is 0.838. The van der Waals surface area contributed by atoms with Gasteiger partial charge in [0.15, 0.2) is 0 Å². The maximum Gasteiger partial charge on any atom is 0.338 e. The first-order valence-corrected chi connectivity index (χ1v) is 8.41. The number of hydrogen-bond acceptors (Lipinski definition) is 6. The van der Waals surface area contributed by atoms with E-state index in [0.717, 1.165) is 0 Å². The van der Waals surface area contributed by atoms with Crippen molar-refractivity contribution in [3.05, 3.63) is 68.5 Å². The monoisotopic (exact) mass is 348 g/mol. The maximum absolute atomic E-state index is 11.9. The van der Waals surface area contributed by atoms with Gasteiger partial charge in [0.25, 0.3) is 5.56 Å². The normalized spacial score (nSPS) is 20.0. The molecule has 2 atom stereocenters. The summed E-state index contributed by atoms with van der Waals surface area (Å²) in [5.41, 5.74) is -0.373. The van der Waals surface area contributed by atoms with Crippen molar-refractivity contribution in [3.63, 3.8) is 0 Å². The Hall–Kier alpha value is -2.32. The van der Waals surface area contributed by atoms with Crippen molar-refractivity contribution in [3.8, 4) is 0 Å². The molecule has 8 heteroatoms. The lowest BCUT2D eigenvalue weighted by Crippen LogP contribution is -2.34. The summed E-state index contributed by atoms with van der Waals surface area (Å²) in [7, 11) is 0. The van der Waals surface area contributed by atoms with Crippen molar-refractivity contribution in [1.82, 2.24) is 9.55 Å². The Balaban J connectivity index is 1.60. The summed E-state index contributed by atoms with van der Waals surface area (Å²) in [6.45, 7) is 1.71. The van der Waals surface area contributed by atoms with Crippen LogP contribution in [0.25, 0.3) is 0 Å². The largest absolute Gasteiger partial charge is 0.458 e. The number of nitrogens with one attached hydrogen (secondary N) is 1. The summed E-state index contributed by atoms with van der Waals surface area (Å²) >= 11 is 1.45. The van der Waals surface area contributed by atoms with Crippen LogP contribution in [0.4, 0.5) is 0 Å². The molecule has 1 fully saturated rings. The first kappa shape index (κ1) is 16.5. The van der Waals surface area contributed by atoms with Crippen LogP contribution in [-0.4, -0.2) is 33.3 Å². The third-order valence-electron chi connectivity index (χ3n) is 3.55. The van der Waals surface area contributed by atoms with Crippen LogP contribution in [0, 0.1) is 6.92 Å². The first-order chi connectivity index (χ1) is 11.5. The molecule has 0 saturated carbocycles. The molecule has 0 unspecified atom stereocenters. The second-order valence-corrected chi connectivity index (χ2v) is 6.49. The highest BCUT2D eigenvalue weighted by Gasteiger charge is 2.29. The molecule has 1 N–H and O–H groups in total. The highest BCUT2D eigenvalue weighted by atomic mass is 32.2. The molecule has 1 saturated heterocycles. The van der Waals surface area contributed by atoms with Gasteiger partial charge in [0, 0.05) is 17.5 Å². The average molecular weight is 348 g/mol. The Kier molecular flexibility index (Phi) is 4.86. The Morgan fingerprint density at radius 2 is 2.12 bits per heavy atom. The van der Waals surface area contributed by atoms with E-state index < -0.39 is 23.4 Å². The lowest BCUT2D eigenvalue weighted by atomic mass is 10.2. The molecule has 1 aromatic heterocycles. The molecule has 2 aromatic rings. The van der Waals surface area contributed by atoms with Crippen molar-refractivity contribution < 1.29 is 14.3 Å². The van der Waals surface area contributed by atoms with Crippen LogP contribution >= 0.6 is 11.8 Å². The molecule has 126 valence electrons. The summed E-state index contributed by atoms with van der Waals surface area (Å²) in [5.74, 6) is 0.110. The molecule has 0 spiro atoms. The van der Waals surface area contributed by atoms with Crippen LogP contribution < -0.4 is 11.2 Å². The van der Waals surface area contributed by atoms with Crippen molar-refractivity contribution in [1.29, 1.82) is 0 Å². The van der Waals surface area contributed by atoms with Gasteiger partial charge in [-0.15, -0.1) is 11.8 Å². The molecule has 0 bridgehead atoms. The number of carbonyl (C=O) groups excluding carboxylic acids is 1. The maximum atomic E-state index is 11.9. The molecular weight excluding hydrogens is 332 g/mol. The molecule has 1 aliphatic rings. The number of aryl methyl sites for hydroxylation is 1. The number of esters is 1. The van der Waals surface area contributed by atoms with Crippen molar-refractivity contribution in [2.45, 2.75) is 18.6 Å². The number of aromatic nitrogens is 2. The molecule has 0 amide bonds. The van der Waals surface area contributed by atoms with Gasteiger partial charge >= 0.3 is 11.7 Å². The summed E-state index contributed by atoms with van der Waals surface area (Å²) in [6.07, 6.45) is 0.976. The second kappa shape index (κ2) is 7.06. The smallest absolute Gasteiger partial charge is 0.338 e. The van der Waals surface area contributed by atoms with E-state index in [4.69, 9.17) is 9.47 Å². The van der Waals surface area contributed by atoms with Gasteiger partial charge in [0.1, 0.15) is 18.3 Å². The van der Waals surface area contributed by atoms with Crippen molar-refractivity contribution in [2.75, 3.05) is 12.4 Å². The fraction of sp³-hybridized carbons (Fsp3) is 0.312. The van der Waals surface area contributed by atoms with E-state index >= 15 is 0 Å². The fourth-order valence-electron chi connectivity index (χ4n) is 2.28. The van der Waals surface area contributed by atoms with Gasteiger partial charge in [0.2, 0.25) is 0 Å². The van der Waals surface area contributed by atoms with Crippen LogP contribution in [0.15, 0.2) is 46.1 Å². The lowest BCUT2D eigenvalue weighted by molar-refractivity contribution is -0.0179. The zero-order valence-corrected chi connectivity index (χ0v) is 13.7. The molecule has 1 aliphatic heterocycles. The van der Waals surface area contributed by atoms with E-state index in [1.165, 1.54) is 22.5 Å². The van der Waals surface area contributed by atoms with Crippen LogP contribution in [-0.2, 0) is 9.47 Å². The van der Waals surface area contributed by atoms with Gasteiger partial charge in [-0.25, -0.2) is 9.59 Å². The van der Waals surface area contributed by atoms with E-state index in [1.807, 2.05) is 6.07 Å². The van der Waals surface area contributed by atoms with E-state index in [2.05, 4.69) is 4.98 Å². The number of ether oxygens (including phenoxy) is 2. The standard InChI is InChI=1S/C16H16N2O5S/c1-10-7-18(16(21)17-14(10)19)12-9-24-13(23-12)8-22-15(20)11-5-3-2-4-6-11/h2-7,12-13H,8-9H2,1H3,(H,17,19,21)/t12-,13-/m0/s1. The SMILES string of the molecule is Cc1cn([C@@H]2CS[C@@H](COC(=O)c3ccccc3)O2)c(=O)[nH]c1=O. The summed E-state index contributed by atoms with van der Waals surface area (Å²) < 4.78 is 12.3. The molecule has 2 heterocycles. The minimum Gasteiger partial charge on any atom is -0.458 e. The second-order valence-electron chi connectivity index (χ2n) is 5.30. The topological polar surface area (TPSA) is 90.4 Å². The highest BCUT2D eigenvalue weighted by molar-refractivity contribution is 8.00. The van der Waals surface area contributed by atoms with Crippen molar-refractivity contribution in [2.24, 2.45) is 0 Å². The molecule has 0 aliphatic carbocycles. The van der Waals surface area contributed by atoms with Gasteiger partial charge < -0.3 is 9.47 Å². The van der Waals surface area contributed by atoms with Gasteiger partial charge in [-0.3, -0.25) is 14.3 Å². The number of benzene rings is 1. The zero-order valence-electron chi connectivity index (χ0n) is 12.9. The summed E-state index contributed by atoms with van der Waals surface area (Å²) in [5, 5.41) is 0. The molecular formula is C16H16N2O5S. The Morgan fingerprint density at radius 1 is 1.38 bits per heavy atom. The summed E-state index contributed by atoms with van der Waals surface area (Å²) in [4.78, 5) is 37.4. The van der Waals surface area contributed by atoms with Crippen LogP contribution in [0.2, 0.25) is 0 Å². The number of rotatable bonds is 4. The zero-order chi connectivity index (χ0) is 17.1. The summed E-state index contributed by atoms with van der Waals surface area (Å²) in [6, 6.07) is 8.70. The van der Waals surface area contributed by atoms with E-state index in [-0.39, 0.29) is 12.0 Å². The van der Waals surface area contributed by atoms with E-state index in [0.29, 0.717) is 16.9 Å². The first-order valence-electron chi connectivity index (χ1n) is 7.36. The molecule has 7 nitrogen and oxygen atoms in total. The van der Waals surface area contributed by atoms with Gasteiger partial charge in [-0.2, -0.15) is 0 Å². The fourth-order valence-corrected chi connectivity index (χ4v) is 3.27. The lowest BCUT2D eigenvalue weighted by Gasteiger charge is -2.15. The number of hydrogen-bond donors (Lipinski definition) is 1. The number of carbonyl (C=O) groups is 1. The van der Waals surface area contributed by atoms with Crippen LogP contribution in [0.1, 0.15) is 22.1 Å². The molecule has 3 rings (SSSR count). The predicted octanol–water partition coefficient (Wildman–Crippen LogP) is 1.29. The Morgan fingerprint density at radius 3 is 2.88 bits per heavy atom. The average Bonchev–Trinajstić information content (AvgIpc) is 3.05. The highest BCUT2D eigenvalue weighted by Crippen LogP contribution is 2.31. The van der Waals surface area contributed by atoms with Gasteiger partial charge in [-0.05, 0) is 19.1 Å². The number of thioether (sulfide) groups is 1. The van der Waals surface area contributed by atoms with Crippen molar-refractivity contribution >= 4 is 17.7 Å². The predicted molar refractivity (Wildman–Crippen MR) is 89.2 cm³/mol. The number of aromatic amines is 1. The molecule has 24 heavy (non-hydrogen) atoms. The molecule has 0 radical (unpaired) electrons.